The Balaban J connectivity index is 1.91. The van der Waals surface area contributed by atoms with Gasteiger partial charge in [0.1, 0.15) is 6.33 Å². The van der Waals surface area contributed by atoms with E-state index in [1.54, 1.807) is 6.33 Å². The van der Waals surface area contributed by atoms with Crippen molar-refractivity contribution in [2.45, 2.75) is 26.4 Å². The molecule has 1 N–H and O–H groups in total. The van der Waals surface area contributed by atoms with Gasteiger partial charge in [-0.1, -0.05) is 0 Å². The first-order chi connectivity index (χ1) is 9.22. The number of aryl methyl sites for hydroxylation is 1. The van der Waals surface area contributed by atoms with E-state index in [1.807, 2.05) is 16.9 Å². The monoisotopic (exact) mass is 281 g/mol. The van der Waals surface area contributed by atoms with Gasteiger partial charge in [0.15, 0.2) is 11.0 Å². The van der Waals surface area contributed by atoms with E-state index in [2.05, 4.69) is 25.2 Å². The van der Waals surface area contributed by atoms with Gasteiger partial charge < -0.3 is 14.6 Å². The Kier molecular flexibility index (Phi) is 4.45. The standard InChI is InChI=1S/C11H15N5O2S/c1-3-16-7-13-15-9(16)5-12-11-14-8(6-19-11)4-10(17)18-2/h6-7H,3-5H2,1-2H3,(H,12,14). The zero-order valence-electron chi connectivity index (χ0n) is 10.8. The first-order valence-electron chi connectivity index (χ1n) is 5.84. The molecule has 2 aromatic rings. The summed E-state index contributed by atoms with van der Waals surface area (Å²) in [5.74, 6) is 0.565. The molecule has 0 saturated heterocycles. The summed E-state index contributed by atoms with van der Waals surface area (Å²) >= 11 is 1.45. The molecule has 0 fully saturated rings. The fourth-order valence-corrected chi connectivity index (χ4v) is 2.23. The van der Waals surface area contributed by atoms with E-state index < -0.39 is 0 Å². The van der Waals surface area contributed by atoms with Gasteiger partial charge in [0, 0.05) is 11.9 Å². The van der Waals surface area contributed by atoms with Crippen LogP contribution in [0.25, 0.3) is 0 Å². The summed E-state index contributed by atoms with van der Waals surface area (Å²) in [6, 6.07) is 0. The van der Waals surface area contributed by atoms with E-state index in [-0.39, 0.29) is 12.4 Å². The molecule has 0 aliphatic carbocycles. The Hall–Kier alpha value is -1.96. The highest BCUT2D eigenvalue weighted by atomic mass is 32.1. The van der Waals surface area contributed by atoms with Crippen LogP contribution in [0.2, 0.25) is 0 Å². The van der Waals surface area contributed by atoms with Crippen molar-refractivity contribution < 1.29 is 9.53 Å². The molecule has 2 rings (SSSR count). The van der Waals surface area contributed by atoms with Gasteiger partial charge in [-0.15, -0.1) is 21.5 Å². The highest BCUT2D eigenvalue weighted by molar-refractivity contribution is 7.13. The Morgan fingerprint density at radius 2 is 2.42 bits per heavy atom. The molecule has 8 heteroatoms. The van der Waals surface area contributed by atoms with Crippen molar-refractivity contribution in [3.8, 4) is 0 Å². The first kappa shape index (κ1) is 13.5. The van der Waals surface area contributed by atoms with Crippen molar-refractivity contribution in [2.24, 2.45) is 0 Å². The van der Waals surface area contributed by atoms with Gasteiger partial charge in [-0.2, -0.15) is 0 Å². The van der Waals surface area contributed by atoms with Crippen molar-refractivity contribution in [1.29, 1.82) is 0 Å². The molecular formula is C11H15N5O2S. The van der Waals surface area contributed by atoms with Crippen LogP contribution in [0.3, 0.4) is 0 Å². The number of rotatable bonds is 6. The SMILES string of the molecule is CCn1cnnc1CNc1nc(CC(=O)OC)cs1. The molecule has 0 bridgehead atoms. The number of methoxy groups -OCH3 is 1. The molecule has 0 amide bonds. The van der Waals surface area contributed by atoms with Gasteiger partial charge in [0.05, 0.1) is 25.8 Å². The van der Waals surface area contributed by atoms with E-state index >= 15 is 0 Å². The van der Waals surface area contributed by atoms with E-state index in [1.165, 1.54) is 18.4 Å². The smallest absolute Gasteiger partial charge is 0.311 e. The fraction of sp³-hybridized carbons (Fsp3) is 0.455. The van der Waals surface area contributed by atoms with Crippen LogP contribution in [0.5, 0.6) is 0 Å². The molecule has 0 spiro atoms. The first-order valence-corrected chi connectivity index (χ1v) is 6.72. The number of ether oxygens (including phenoxy) is 1. The third-order valence-electron chi connectivity index (χ3n) is 2.54. The maximum atomic E-state index is 11.1. The lowest BCUT2D eigenvalue weighted by Crippen LogP contribution is -2.08. The van der Waals surface area contributed by atoms with E-state index in [0.717, 1.165) is 17.5 Å². The molecule has 102 valence electrons. The van der Waals surface area contributed by atoms with E-state index in [9.17, 15) is 4.79 Å². The number of hydrogen-bond donors (Lipinski definition) is 1. The number of thiazole rings is 1. The quantitative estimate of drug-likeness (QED) is 0.798. The molecule has 19 heavy (non-hydrogen) atoms. The van der Waals surface area contributed by atoms with Crippen molar-refractivity contribution >= 4 is 22.4 Å². The van der Waals surface area contributed by atoms with Crippen LogP contribution in [0, 0.1) is 0 Å². The molecule has 2 heterocycles. The van der Waals surface area contributed by atoms with Crippen LogP contribution < -0.4 is 5.32 Å². The van der Waals surface area contributed by atoms with Gasteiger partial charge in [-0.25, -0.2) is 4.98 Å². The zero-order valence-corrected chi connectivity index (χ0v) is 11.6. The molecule has 0 unspecified atom stereocenters. The minimum atomic E-state index is -0.289. The number of carbonyl (C=O) groups excluding carboxylic acids is 1. The second kappa shape index (κ2) is 6.28. The number of anilines is 1. The van der Waals surface area contributed by atoms with Crippen LogP contribution in [0.4, 0.5) is 5.13 Å². The average Bonchev–Trinajstić information content (AvgIpc) is 3.04. The second-order valence-corrected chi connectivity index (χ2v) is 4.64. The van der Waals surface area contributed by atoms with Gasteiger partial charge >= 0.3 is 5.97 Å². The summed E-state index contributed by atoms with van der Waals surface area (Å²) in [4.78, 5) is 15.4. The maximum Gasteiger partial charge on any atom is 0.311 e. The van der Waals surface area contributed by atoms with Crippen molar-refractivity contribution in [1.82, 2.24) is 19.7 Å². The minimum absolute atomic E-state index is 0.194. The summed E-state index contributed by atoms with van der Waals surface area (Å²) in [6.07, 6.45) is 1.89. The summed E-state index contributed by atoms with van der Waals surface area (Å²) < 4.78 is 6.55. The fourth-order valence-electron chi connectivity index (χ4n) is 1.52. The van der Waals surface area contributed by atoms with Crippen molar-refractivity contribution in [3.05, 3.63) is 23.2 Å². The number of hydrogen-bond acceptors (Lipinski definition) is 7. The van der Waals surface area contributed by atoms with Gasteiger partial charge in [0.2, 0.25) is 0 Å². The molecular weight excluding hydrogens is 266 g/mol. The number of nitrogens with one attached hydrogen (secondary N) is 1. The normalized spacial score (nSPS) is 10.4. The highest BCUT2D eigenvalue weighted by Crippen LogP contribution is 2.16. The predicted octanol–water partition coefficient (Wildman–Crippen LogP) is 1.08. The largest absolute Gasteiger partial charge is 0.469 e. The van der Waals surface area contributed by atoms with Crippen LogP contribution in [0.1, 0.15) is 18.4 Å². The topological polar surface area (TPSA) is 81.9 Å². The minimum Gasteiger partial charge on any atom is -0.469 e. The van der Waals surface area contributed by atoms with Gasteiger partial charge in [-0.05, 0) is 6.92 Å². The van der Waals surface area contributed by atoms with Gasteiger partial charge in [0.25, 0.3) is 0 Å². The Morgan fingerprint density at radius 1 is 1.58 bits per heavy atom. The number of carbonyl (C=O) groups is 1. The number of esters is 1. The molecule has 7 nitrogen and oxygen atoms in total. The summed E-state index contributed by atoms with van der Waals surface area (Å²) in [7, 11) is 1.37. The lowest BCUT2D eigenvalue weighted by molar-refractivity contribution is -0.139. The van der Waals surface area contributed by atoms with Gasteiger partial charge in [-0.3, -0.25) is 4.79 Å². The molecule has 0 aliphatic rings. The third-order valence-corrected chi connectivity index (χ3v) is 3.39. The highest BCUT2D eigenvalue weighted by Gasteiger charge is 2.08. The molecule has 0 atom stereocenters. The zero-order chi connectivity index (χ0) is 13.7. The van der Waals surface area contributed by atoms with E-state index in [4.69, 9.17) is 0 Å². The predicted molar refractivity (Wildman–Crippen MR) is 70.9 cm³/mol. The van der Waals surface area contributed by atoms with Crippen LogP contribution in [0.15, 0.2) is 11.7 Å². The Bertz CT molecular complexity index is 551. The number of nitrogens with zero attached hydrogens (tertiary/aromatic N) is 4. The van der Waals surface area contributed by atoms with Crippen LogP contribution in [-0.4, -0.2) is 32.8 Å². The van der Waals surface area contributed by atoms with Crippen LogP contribution >= 0.6 is 11.3 Å². The van der Waals surface area contributed by atoms with Crippen molar-refractivity contribution in [3.63, 3.8) is 0 Å². The Morgan fingerprint density at radius 3 is 3.16 bits per heavy atom. The second-order valence-electron chi connectivity index (χ2n) is 3.78. The molecule has 0 aliphatic heterocycles. The number of aromatic nitrogens is 4. The lowest BCUT2D eigenvalue weighted by atomic mass is 10.3. The van der Waals surface area contributed by atoms with Crippen LogP contribution in [-0.2, 0) is 29.0 Å². The average molecular weight is 281 g/mol. The summed E-state index contributed by atoms with van der Waals surface area (Å²) in [5, 5.41) is 13.6. The Labute approximate surface area is 114 Å². The maximum absolute atomic E-state index is 11.1. The van der Waals surface area contributed by atoms with Crippen molar-refractivity contribution in [2.75, 3.05) is 12.4 Å². The summed E-state index contributed by atoms with van der Waals surface area (Å²) in [6.45, 7) is 3.42. The lowest BCUT2D eigenvalue weighted by Gasteiger charge is -2.03. The summed E-state index contributed by atoms with van der Waals surface area (Å²) in [5.41, 5.74) is 0.705. The third kappa shape index (κ3) is 3.50. The molecule has 0 aromatic carbocycles. The molecule has 0 saturated carbocycles. The van der Waals surface area contributed by atoms with E-state index in [0.29, 0.717) is 12.2 Å². The molecule has 0 radical (unpaired) electrons. The molecule has 2 aromatic heterocycles.